The second-order valence-corrected chi connectivity index (χ2v) is 4.86. The maximum atomic E-state index is 11.2. The first kappa shape index (κ1) is 14.8. The van der Waals surface area contributed by atoms with Gasteiger partial charge >= 0.3 is 12.1 Å². The lowest BCUT2D eigenvalue weighted by Gasteiger charge is -2.19. The van der Waals surface area contributed by atoms with Crippen LogP contribution in [0.3, 0.4) is 0 Å². The third kappa shape index (κ3) is 3.37. The van der Waals surface area contributed by atoms with Gasteiger partial charge in [-0.3, -0.25) is 0 Å². The van der Waals surface area contributed by atoms with E-state index in [0.717, 1.165) is 5.92 Å². The molecule has 102 valence electrons. The Labute approximate surface area is 104 Å². The fraction of sp³-hybridized carbons (Fsp3) is 0.615. The molecule has 18 heavy (non-hydrogen) atoms. The predicted molar refractivity (Wildman–Crippen MR) is 62.0 cm³/mol. The lowest BCUT2D eigenvalue weighted by Crippen LogP contribution is -2.18. The van der Waals surface area contributed by atoms with Gasteiger partial charge in [-0.2, -0.15) is 13.2 Å². The quantitative estimate of drug-likeness (QED) is 0.604. The number of carbonyl (C=O) groups is 1. The molecule has 5 heteroatoms. The van der Waals surface area contributed by atoms with Gasteiger partial charge in [0.05, 0.1) is 0 Å². The van der Waals surface area contributed by atoms with Crippen LogP contribution in [-0.2, 0) is 4.79 Å². The van der Waals surface area contributed by atoms with Crippen LogP contribution < -0.4 is 0 Å². The Morgan fingerprint density at radius 3 is 2.28 bits per heavy atom. The van der Waals surface area contributed by atoms with Crippen LogP contribution in [0, 0.1) is 11.3 Å². The van der Waals surface area contributed by atoms with E-state index in [1.165, 1.54) is 25.7 Å². The van der Waals surface area contributed by atoms with Gasteiger partial charge in [-0.25, -0.2) is 4.79 Å². The van der Waals surface area contributed by atoms with E-state index >= 15 is 0 Å². The first-order valence-electron chi connectivity index (χ1n) is 5.89. The number of alkyl halides is 3. The molecule has 2 aliphatic rings. The number of carboxylic acids is 1. The van der Waals surface area contributed by atoms with Crippen LogP contribution in [0.15, 0.2) is 24.3 Å². The van der Waals surface area contributed by atoms with E-state index in [0.29, 0.717) is 5.41 Å². The molecule has 2 rings (SSSR count). The molecule has 2 bridgehead atoms. The summed E-state index contributed by atoms with van der Waals surface area (Å²) in [5.41, 5.74) is -1.08. The number of aliphatic carboxylic acids is 1. The molecular weight excluding hydrogens is 245 g/mol. The molecule has 0 aromatic rings. The zero-order valence-electron chi connectivity index (χ0n) is 10.3. The Balaban J connectivity index is 0.000000180. The number of carboxylic acid groups (broad SMARTS) is 1. The molecule has 2 aliphatic carbocycles. The van der Waals surface area contributed by atoms with Crippen molar-refractivity contribution in [2.45, 2.75) is 38.8 Å². The van der Waals surface area contributed by atoms with Gasteiger partial charge in [-0.15, -0.1) is 0 Å². The average molecular weight is 262 g/mol. The molecule has 0 aliphatic heterocycles. The molecule has 0 spiro atoms. The number of rotatable bonds is 2. The van der Waals surface area contributed by atoms with Crippen LogP contribution >= 0.6 is 0 Å². The Bertz CT molecular complexity index is 371. The standard InChI is InChI=1S/C9H14.C4H3F3O2/c1-2-9-5-3-8(7-9)4-6-9;1-2(3(8)9)4(5,6)7/h3,5,8H,2,4,6-7H2,1H3;1H2,(H,8,9). The smallest absolute Gasteiger partial charge is 0.422 e. The van der Waals surface area contributed by atoms with E-state index in [1.54, 1.807) is 0 Å². The van der Waals surface area contributed by atoms with Crippen LogP contribution in [0.25, 0.3) is 0 Å². The van der Waals surface area contributed by atoms with Crippen molar-refractivity contribution in [3.8, 4) is 0 Å². The van der Waals surface area contributed by atoms with Gasteiger partial charge in [0.1, 0.15) is 5.57 Å². The summed E-state index contributed by atoms with van der Waals surface area (Å²) in [5, 5.41) is 7.70. The summed E-state index contributed by atoms with van der Waals surface area (Å²) in [6, 6.07) is 0. The lowest BCUT2D eigenvalue weighted by atomic mass is 9.85. The van der Waals surface area contributed by atoms with Gasteiger partial charge in [0, 0.05) is 0 Å². The summed E-state index contributed by atoms with van der Waals surface area (Å²) in [6.07, 6.45) is 5.82. The summed E-state index contributed by atoms with van der Waals surface area (Å²) in [7, 11) is 0. The molecule has 1 saturated carbocycles. The highest BCUT2D eigenvalue weighted by Crippen LogP contribution is 2.50. The topological polar surface area (TPSA) is 37.3 Å². The second-order valence-electron chi connectivity index (χ2n) is 4.86. The fourth-order valence-corrected chi connectivity index (χ4v) is 2.42. The van der Waals surface area contributed by atoms with Crippen molar-refractivity contribution in [3.63, 3.8) is 0 Å². The molecule has 1 N–H and O–H groups in total. The van der Waals surface area contributed by atoms with Crippen molar-refractivity contribution < 1.29 is 23.1 Å². The highest BCUT2D eigenvalue weighted by atomic mass is 19.4. The van der Waals surface area contributed by atoms with Crippen molar-refractivity contribution in [1.29, 1.82) is 0 Å². The van der Waals surface area contributed by atoms with Crippen molar-refractivity contribution >= 4 is 5.97 Å². The maximum absolute atomic E-state index is 11.2. The lowest BCUT2D eigenvalue weighted by molar-refractivity contribution is -0.144. The minimum atomic E-state index is -4.81. The SMILES string of the molecule is C=C(C(=O)O)C(F)(F)F.CCC12C=CC(CC1)C2. The summed E-state index contributed by atoms with van der Waals surface area (Å²) >= 11 is 0. The number of hydrogen-bond acceptors (Lipinski definition) is 1. The van der Waals surface area contributed by atoms with Gasteiger partial charge < -0.3 is 5.11 Å². The van der Waals surface area contributed by atoms with E-state index in [4.69, 9.17) is 5.11 Å². The van der Waals surface area contributed by atoms with Gasteiger partial charge in [-0.1, -0.05) is 25.7 Å². The van der Waals surface area contributed by atoms with Crippen LogP contribution in [0.4, 0.5) is 13.2 Å². The predicted octanol–water partition coefficient (Wildman–Crippen LogP) is 3.94. The minimum Gasteiger partial charge on any atom is -0.478 e. The number of hydrogen-bond donors (Lipinski definition) is 1. The molecule has 0 saturated heterocycles. The zero-order chi connectivity index (χ0) is 14.0. The first-order valence-corrected chi connectivity index (χ1v) is 5.89. The third-order valence-corrected chi connectivity index (χ3v) is 3.71. The zero-order valence-corrected chi connectivity index (χ0v) is 10.3. The Hall–Kier alpha value is -1.26. The van der Waals surface area contributed by atoms with Crippen molar-refractivity contribution in [2.75, 3.05) is 0 Å². The van der Waals surface area contributed by atoms with Gasteiger partial charge in [0.15, 0.2) is 0 Å². The summed E-state index contributed by atoms with van der Waals surface area (Å²) in [6.45, 7) is 4.62. The number of halogens is 3. The summed E-state index contributed by atoms with van der Waals surface area (Å²) in [5.74, 6) is -1.08. The molecule has 0 aromatic carbocycles. The molecule has 0 aromatic heterocycles. The van der Waals surface area contributed by atoms with Gasteiger partial charge in [0.2, 0.25) is 0 Å². The molecule has 1 fully saturated rings. The van der Waals surface area contributed by atoms with E-state index in [2.05, 4.69) is 25.7 Å². The van der Waals surface area contributed by atoms with E-state index in [-0.39, 0.29) is 0 Å². The Morgan fingerprint density at radius 2 is 2.17 bits per heavy atom. The molecule has 2 nitrogen and oxygen atoms in total. The Morgan fingerprint density at radius 1 is 1.56 bits per heavy atom. The maximum Gasteiger partial charge on any atom is 0.422 e. The summed E-state index contributed by atoms with van der Waals surface area (Å²) < 4.78 is 33.7. The van der Waals surface area contributed by atoms with E-state index < -0.39 is 17.7 Å². The van der Waals surface area contributed by atoms with Crippen molar-refractivity contribution in [1.82, 2.24) is 0 Å². The minimum absolute atomic E-state index is 0.671. The van der Waals surface area contributed by atoms with Gasteiger partial charge in [0.25, 0.3) is 0 Å². The van der Waals surface area contributed by atoms with E-state index in [9.17, 15) is 18.0 Å². The van der Waals surface area contributed by atoms with Crippen LogP contribution in [0.2, 0.25) is 0 Å². The highest BCUT2D eigenvalue weighted by Gasteiger charge is 2.38. The number of fused-ring (bicyclic) bond motifs is 2. The van der Waals surface area contributed by atoms with Gasteiger partial charge in [-0.05, 0) is 37.0 Å². The molecule has 0 radical (unpaired) electrons. The van der Waals surface area contributed by atoms with Crippen LogP contribution in [0.5, 0.6) is 0 Å². The molecule has 2 atom stereocenters. The molecule has 2 unspecified atom stereocenters. The Kier molecular flexibility index (Phi) is 4.24. The molecular formula is C13H17F3O2. The van der Waals surface area contributed by atoms with E-state index in [1.807, 2.05) is 0 Å². The first-order chi connectivity index (χ1) is 8.20. The van der Waals surface area contributed by atoms with Crippen LogP contribution in [-0.4, -0.2) is 17.3 Å². The average Bonchev–Trinajstić information content (AvgIpc) is 2.88. The van der Waals surface area contributed by atoms with Crippen molar-refractivity contribution in [3.05, 3.63) is 24.3 Å². The number of allylic oxidation sites excluding steroid dienone is 2. The molecule has 0 heterocycles. The fourth-order valence-electron chi connectivity index (χ4n) is 2.42. The largest absolute Gasteiger partial charge is 0.478 e. The third-order valence-electron chi connectivity index (χ3n) is 3.71. The summed E-state index contributed by atoms with van der Waals surface area (Å²) in [4.78, 5) is 9.53. The second kappa shape index (κ2) is 5.16. The monoisotopic (exact) mass is 262 g/mol. The highest BCUT2D eigenvalue weighted by molar-refractivity contribution is 5.87. The van der Waals surface area contributed by atoms with Crippen LogP contribution in [0.1, 0.15) is 32.6 Å². The normalized spacial score (nSPS) is 28.8. The van der Waals surface area contributed by atoms with Crippen molar-refractivity contribution in [2.24, 2.45) is 11.3 Å². The molecule has 0 amide bonds.